The van der Waals surface area contributed by atoms with E-state index >= 15 is 0 Å². The van der Waals surface area contributed by atoms with E-state index in [9.17, 15) is 30.0 Å². The maximum atomic E-state index is 10.7. The average molecular weight is 1250 g/mol. The van der Waals surface area contributed by atoms with Gasteiger partial charge >= 0.3 is 0 Å². The van der Waals surface area contributed by atoms with Gasteiger partial charge in [-0.3, -0.25) is 0 Å². The van der Waals surface area contributed by atoms with Crippen molar-refractivity contribution in [2.24, 2.45) is 46.3 Å². The van der Waals surface area contributed by atoms with Crippen molar-refractivity contribution in [3.05, 3.63) is 69.9 Å². The van der Waals surface area contributed by atoms with E-state index in [1.165, 1.54) is 66.4 Å². The summed E-state index contributed by atoms with van der Waals surface area (Å²) < 4.78 is 0. The highest BCUT2D eigenvalue weighted by Gasteiger charge is 2.22. The Morgan fingerprint density at radius 1 is 0.356 bits per heavy atom. The zero-order valence-corrected chi connectivity index (χ0v) is 59.9. The van der Waals surface area contributed by atoms with Gasteiger partial charge in [0.25, 0.3) is 0 Å². The van der Waals surface area contributed by atoms with Gasteiger partial charge in [-0.1, -0.05) is 111 Å². The second-order valence-electron chi connectivity index (χ2n) is 32.4. The monoisotopic (exact) mass is 1250 g/mol. The lowest BCUT2D eigenvalue weighted by molar-refractivity contribution is -0.112. The molecule has 0 bridgehead atoms. The van der Waals surface area contributed by atoms with Gasteiger partial charge < -0.3 is 30.0 Å². The molecule has 0 aromatic rings. The highest BCUT2D eigenvalue weighted by atomic mass is 16.3. The first kappa shape index (κ1) is 83.6. The molecule has 0 fully saturated rings. The van der Waals surface area contributed by atoms with Gasteiger partial charge in [0.1, 0.15) is 12.6 Å². The third kappa shape index (κ3) is 47.5. The Hall–Kier alpha value is -4.42. The Kier molecular flexibility index (Phi) is 41.1. The number of hydrogen-bond donors (Lipinski definition) is 4. The van der Waals surface area contributed by atoms with Gasteiger partial charge in [0.05, 0.1) is 70.4 Å². The minimum Gasteiger partial charge on any atom is -0.390 e. The van der Waals surface area contributed by atoms with Crippen LogP contribution in [0.4, 0.5) is 0 Å². The van der Waals surface area contributed by atoms with E-state index < -0.39 is 22.4 Å². The lowest BCUT2D eigenvalue weighted by Crippen LogP contribution is -2.18. The Morgan fingerprint density at radius 2 is 0.644 bits per heavy atom. The van der Waals surface area contributed by atoms with Crippen molar-refractivity contribution in [3.8, 4) is 24.3 Å². The molecule has 0 saturated carbocycles. The molecule has 0 spiro atoms. The number of aldehydes is 2. The molecule has 0 amide bonds. The summed E-state index contributed by atoms with van der Waals surface area (Å²) in [5.41, 5.74) is 7.60. The largest absolute Gasteiger partial charge is 0.390 e. The number of carbonyl (C=O) groups is 2. The zero-order chi connectivity index (χ0) is 67.9. The summed E-state index contributed by atoms with van der Waals surface area (Å²) in [6.07, 6.45) is 53.6. The summed E-state index contributed by atoms with van der Waals surface area (Å²) in [6.45, 7) is 28.6. The molecule has 508 valence electrons. The van der Waals surface area contributed by atoms with Crippen molar-refractivity contribution in [3.63, 3.8) is 0 Å². The van der Waals surface area contributed by atoms with E-state index in [4.69, 9.17) is 21.0 Å². The van der Waals surface area contributed by atoms with Gasteiger partial charge in [-0.05, 0) is 297 Å². The van der Waals surface area contributed by atoms with Crippen LogP contribution < -0.4 is 0 Å². The Morgan fingerprint density at radius 3 is 0.911 bits per heavy atom. The van der Waals surface area contributed by atoms with Crippen molar-refractivity contribution < 1.29 is 30.0 Å². The van der Waals surface area contributed by atoms with E-state index in [2.05, 4.69) is 102 Å². The van der Waals surface area contributed by atoms with Crippen LogP contribution >= 0.6 is 0 Å². The molecule has 6 aliphatic rings. The minimum atomic E-state index is -0.556. The molecular weight excluding hydrogens is 1110 g/mol. The molecule has 10 nitrogen and oxygen atoms in total. The molecule has 0 saturated heterocycles. The summed E-state index contributed by atoms with van der Waals surface area (Å²) in [4.78, 5) is 21.2. The molecule has 6 atom stereocenters. The number of nitriles is 4. The Balaban J connectivity index is 0.000000540. The Bertz CT molecular complexity index is 2290. The van der Waals surface area contributed by atoms with Crippen LogP contribution in [-0.4, -0.2) is 55.4 Å². The van der Waals surface area contributed by atoms with Gasteiger partial charge in [-0.15, -0.1) is 0 Å². The number of rotatable bonds is 24. The fourth-order valence-corrected chi connectivity index (χ4v) is 12.4. The molecule has 0 radical (unpaired) electrons. The van der Waals surface area contributed by atoms with Crippen LogP contribution in [0, 0.1) is 91.7 Å². The molecule has 10 heteroatoms. The molecule has 6 aliphatic carbocycles. The molecular formula is C80H132N4O6. The van der Waals surface area contributed by atoms with E-state index in [-0.39, 0.29) is 29.6 Å². The third-order valence-electron chi connectivity index (χ3n) is 18.1. The second kappa shape index (κ2) is 44.2. The first-order valence-electron chi connectivity index (χ1n) is 35.5. The fourth-order valence-electron chi connectivity index (χ4n) is 12.4. The zero-order valence-electron chi connectivity index (χ0n) is 59.9. The van der Waals surface area contributed by atoms with Gasteiger partial charge in [-0.25, -0.2) is 0 Å². The normalized spacial score (nSPS) is 22.1. The predicted octanol–water partition coefficient (Wildman–Crippen LogP) is 21.0. The summed E-state index contributed by atoms with van der Waals surface area (Å²) in [6, 6.07) is 9.43. The molecule has 4 N–H and O–H groups in total. The average Bonchev–Trinajstić information content (AvgIpc) is 3.67. The van der Waals surface area contributed by atoms with E-state index in [1.54, 1.807) is 5.57 Å². The number of nitrogens with zero attached hydrogens (tertiary/aromatic N) is 4. The standard InChI is InChI=1S/2C14H23N.2C13H21NO.2C13H22O2/c1-14(2,3)9-5-8-12-6-4-7-13(10-12)11-15;1-14(2,3)10-4-5-12-6-8-13(11-15)9-7-12;1-13(2,15)8-4-7-11-5-3-6-12(9-11)10-14;1-13(2,15)9-3-4-11-5-7-12(10-14)8-6-11;1-13(2,15)8-4-7-11-5-3-6-12(9-11)10-14;1-13(2,15)9-3-4-11-5-7-12(10-14)8-6-11/h2*6,13H,4-5,7-10H2,1-3H3;2*5,12,15H,3-4,6-9H2,1-2H3;2*5,10,12,15H,3-4,6-9H2,1-2H3. The fraction of sp³-hybridized carbons (Fsp3) is 0.775. The quantitative estimate of drug-likeness (QED) is 0.0530. The van der Waals surface area contributed by atoms with Crippen LogP contribution in [0.15, 0.2) is 69.9 Å². The number of allylic oxidation sites excluding steroid dienone is 12. The summed E-state index contributed by atoms with van der Waals surface area (Å²) in [5, 5.41) is 73.5. The number of carbonyl (C=O) groups excluding carboxylic acids is 2. The van der Waals surface area contributed by atoms with Crippen LogP contribution in [0.2, 0.25) is 0 Å². The molecule has 90 heavy (non-hydrogen) atoms. The van der Waals surface area contributed by atoms with Crippen molar-refractivity contribution in [1.29, 1.82) is 21.0 Å². The van der Waals surface area contributed by atoms with Crippen LogP contribution in [0.5, 0.6) is 0 Å². The summed E-state index contributed by atoms with van der Waals surface area (Å²) in [5.74, 6) is 1.54. The Labute approximate surface area is 551 Å². The number of aliphatic hydroxyl groups is 4. The van der Waals surface area contributed by atoms with Crippen LogP contribution in [0.3, 0.4) is 0 Å². The summed E-state index contributed by atoms with van der Waals surface area (Å²) in [7, 11) is 0. The van der Waals surface area contributed by atoms with E-state index in [0.717, 1.165) is 205 Å². The highest BCUT2D eigenvalue weighted by molar-refractivity contribution is 5.55. The maximum absolute atomic E-state index is 10.7. The van der Waals surface area contributed by atoms with Gasteiger partial charge in [0.2, 0.25) is 0 Å². The maximum Gasteiger partial charge on any atom is 0.123 e. The predicted molar refractivity (Wildman–Crippen MR) is 374 cm³/mol. The first-order valence-corrected chi connectivity index (χ1v) is 35.5. The van der Waals surface area contributed by atoms with Crippen molar-refractivity contribution in [2.45, 2.75) is 350 Å². The third-order valence-corrected chi connectivity index (χ3v) is 18.1. The second-order valence-corrected chi connectivity index (χ2v) is 32.4. The smallest absolute Gasteiger partial charge is 0.123 e. The SMILES string of the molecule is CC(C)(C)CCCC1=CCC(C#N)CC1.CC(C)(C)CCCC1=CCCC(C#N)C1.CC(C)(O)CCCC1=CCC(C#N)CC1.CC(C)(O)CCCC1=CCC(C=O)CC1.CC(C)(O)CCCC1=CCCC(C#N)C1.CC(C)(O)CCCC1=CCCC(C=O)C1. The molecule has 0 aromatic heterocycles. The van der Waals surface area contributed by atoms with Crippen LogP contribution in [0.1, 0.15) is 328 Å². The summed E-state index contributed by atoms with van der Waals surface area (Å²) >= 11 is 0. The van der Waals surface area contributed by atoms with Crippen LogP contribution in [-0.2, 0) is 9.59 Å². The van der Waals surface area contributed by atoms with Crippen molar-refractivity contribution in [2.75, 3.05) is 0 Å². The van der Waals surface area contributed by atoms with Crippen molar-refractivity contribution >= 4 is 12.6 Å². The topological polar surface area (TPSA) is 210 Å². The molecule has 0 aliphatic heterocycles. The van der Waals surface area contributed by atoms with E-state index in [0.29, 0.717) is 16.7 Å². The molecule has 6 unspecified atom stereocenters. The van der Waals surface area contributed by atoms with Crippen molar-refractivity contribution in [1.82, 2.24) is 0 Å². The lowest BCUT2D eigenvalue weighted by atomic mass is 9.84. The highest BCUT2D eigenvalue weighted by Crippen LogP contribution is 2.34. The molecule has 0 aromatic carbocycles. The minimum absolute atomic E-state index is 0.229. The first-order chi connectivity index (χ1) is 42.1. The molecule has 6 rings (SSSR count). The van der Waals surface area contributed by atoms with E-state index in [1.807, 2.05) is 55.4 Å². The van der Waals surface area contributed by atoms with Gasteiger partial charge in [-0.2, -0.15) is 21.0 Å². The number of hydrogen-bond acceptors (Lipinski definition) is 10. The van der Waals surface area contributed by atoms with Gasteiger partial charge in [0.15, 0.2) is 0 Å². The lowest BCUT2D eigenvalue weighted by Gasteiger charge is -2.20. The molecule has 0 heterocycles. The van der Waals surface area contributed by atoms with Crippen LogP contribution in [0.25, 0.3) is 0 Å². The van der Waals surface area contributed by atoms with Gasteiger partial charge in [0, 0.05) is 11.8 Å².